The standard InChI is InChI=1S/C9H18N2/c1-2-5-10(6-3-1)9-11-7-4-8-11/h1-9H2. The normalized spacial score (nSPS) is 28.4. The molecule has 0 bridgehead atoms. The van der Waals surface area contributed by atoms with Gasteiger partial charge in [0.25, 0.3) is 0 Å². The third-order valence-electron chi connectivity index (χ3n) is 2.80. The summed E-state index contributed by atoms with van der Waals surface area (Å²) in [6, 6.07) is 0. The zero-order valence-electron chi connectivity index (χ0n) is 7.26. The molecule has 0 saturated carbocycles. The second-order valence-corrected chi connectivity index (χ2v) is 3.79. The molecular formula is C9H18N2. The summed E-state index contributed by atoms with van der Waals surface area (Å²) in [5.41, 5.74) is 0. The van der Waals surface area contributed by atoms with Crippen LogP contribution in [0.5, 0.6) is 0 Å². The lowest BCUT2D eigenvalue weighted by atomic mass is 10.1. The molecule has 64 valence electrons. The van der Waals surface area contributed by atoms with Gasteiger partial charge >= 0.3 is 0 Å². The molecule has 0 amide bonds. The van der Waals surface area contributed by atoms with Crippen molar-refractivity contribution in [2.45, 2.75) is 25.7 Å². The molecule has 0 N–H and O–H groups in total. The lowest BCUT2D eigenvalue weighted by Gasteiger charge is -2.37. The van der Waals surface area contributed by atoms with Crippen molar-refractivity contribution in [3.8, 4) is 0 Å². The van der Waals surface area contributed by atoms with Crippen molar-refractivity contribution >= 4 is 0 Å². The predicted octanol–water partition coefficient (Wildman–Crippen LogP) is 1.14. The molecule has 0 atom stereocenters. The van der Waals surface area contributed by atoms with Gasteiger partial charge in [0.1, 0.15) is 0 Å². The predicted molar refractivity (Wildman–Crippen MR) is 46.5 cm³/mol. The highest BCUT2D eigenvalue weighted by Crippen LogP contribution is 2.12. The van der Waals surface area contributed by atoms with Crippen LogP contribution in [0.15, 0.2) is 0 Å². The van der Waals surface area contributed by atoms with Crippen LogP contribution in [0.25, 0.3) is 0 Å². The molecule has 0 spiro atoms. The Kier molecular flexibility index (Phi) is 2.44. The first-order chi connectivity index (χ1) is 5.45. The number of hydrogen-bond acceptors (Lipinski definition) is 2. The van der Waals surface area contributed by atoms with Gasteiger partial charge in [-0.2, -0.15) is 0 Å². The van der Waals surface area contributed by atoms with Gasteiger partial charge in [-0.15, -0.1) is 0 Å². The maximum atomic E-state index is 2.60. The topological polar surface area (TPSA) is 6.48 Å². The van der Waals surface area contributed by atoms with Gasteiger partial charge < -0.3 is 0 Å². The highest BCUT2D eigenvalue weighted by Gasteiger charge is 2.18. The van der Waals surface area contributed by atoms with E-state index in [-0.39, 0.29) is 0 Å². The quantitative estimate of drug-likeness (QED) is 0.588. The molecule has 0 aromatic carbocycles. The van der Waals surface area contributed by atoms with Crippen molar-refractivity contribution in [1.29, 1.82) is 0 Å². The van der Waals surface area contributed by atoms with E-state index in [4.69, 9.17) is 0 Å². The van der Waals surface area contributed by atoms with Crippen LogP contribution in [0.3, 0.4) is 0 Å². The van der Waals surface area contributed by atoms with E-state index in [1.807, 2.05) is 0 Å². The molecule has 2 heteroatoms. The van der Waals surface area contributed by atoms with E-state index in [0.717, 1.165) is 0 Å². The third-order valence-corrected chi connectivity index (χ3v) is 2.80. The molecule has 2 rings (SSSR count). The molecule has 2 nitrogen and oxygen atoms in total. The monoisotopic (exact) mass is 154 g/mol. The molecule has 2 aliphatic heterocycles. The summed E-state index contributed by atoms with van der Waals surface area (Å²) < 4.78 is 0. The lowest BCUT2D eigenvalue weighted by Crippen LogP contribution is -2.46. The smallest absolute Gasteiger partial charge is 0.0506 e. The Morgan fingerprint density at radius 3 is 1.64 bits per heavy atom. The average molecular weight is 154 g/mol. The Bertz CT molecular complexity index is 115. The molecular weight excluding hydrogens is 136 g/mol. The van der Waals surface area contributed by atoms with Crippen LogP contribution in [-0.4, -0.2) is 42.6 Å². The second-order valence-electron chi connectivity index (χ2n) is 3.79. The Morgan fingerprint density at radius 2 is 1.18 bits per heavy atom. The minimum absolute atomic E-state index is 1.25. The third kappa shape index (κ3) is 1.94. The van der Waals surface area contributed by atoms with E-state index in [9.17, 15) is 0 Å². The average Bonchev–Trinajstić information content (AvgIpc) is 1.99. The molecule has 11 heavy (non-hydrogen) atoms. The van der Waals surface area contributed by atoms with Crippen molar-refractivity contribution in [2.24, 2.45) is 0 Å². The molecule has 2 saturated heterocycles. The summed E-state index contributed by atoms with van der Waals surface area (Å²) in [6.45, 7) is 6.62. The molecule has 0 aromatic rings. The molecule has 0 radical (unpaired) electrons. The minimum atomic E-state index is 1.25. The number of piperidine rings is 1. The summed E-state index contributed by atoms with van der Waals surface area (Å²) >= 11 is 0. The number of nitrogens with zero attached hydrogens (tertiary/aromatic N) is 2. The van der Waals surface area contributed by atoms with Crippen LogP contribution in [0, 0.1) is 0 Å². The first kappa shape index (κ1) is 7.56. The van der Waals surface area contributed by atoms with Crippen LogP contribution in [-0.2, 0) is 0 Å². The van der Waals surface area contributed by atoms with Crippen molar-refractivity contribution in [3.05, 3.63) is 0 Å². The Labute approximate surface area is 69.2 Å². The first-order valence-electron chi connectivity index (χ1n) is 4.90. The summed E-state index contributed by atoms with van der Waals surface area (Å²) in [7, 11) is 0. The van der Waals surface area contributed by atoms with Crippen molar-refractivity contribution < 1.29 is 0 Å². The van der Waals surface area contributed by atoms with Crippen molar-refractivity contribution in [3.63, 3.8) is 0 Å². The molecule has 2 fully saturated rings. The Hall–Kier alpha value is -0.0800. The van der Waals surface area contributed by atoms with E-state index in [1.165, 1.54) is 58.5 Å². The van der Waals surface area contributed by atoms with Gasteiger partial charge in [0, 0.05) is 13.1 Å². The SMILES string of the molecule is C1CCN(CN2CCC2)CC1. The lowest BCUT2D eigenvalue weighted by molar-refractivity contribution is 0.0700. The maximum Gasteiger partial charge on any atom is 0.0506 e. The zero-order chi connectivity index (χ0) is 7.52. The van der Waals surface area contributed by atoms with Gasteiger partial charge in [-0.05, 0) is 32.4 Å². The van der Waals surface area contributed by atoms with Gasteiger partial charge in [-0.25, -0.2) is 0 Å². The van der Waals surface area contributed by atoms with E-state index in [1.54, 1.807) is 0 Å². The molecule has 0 aromatic heterocycles. The minimum Gasteiger partial charge on any atom is -0.290 e. The molecule has 2 aliphatic rings. The Morgan fingerprint density at radius 1 is 0.636 bits per heavy atom. The highest BCUT2D eigenvalue weighted by molar-refractivity contribution is 4.71. The fourth-order valence-electron chi connectivity index (χ4n) is 1.91. The molecule has 0 aliphatic carbocycles. The van der Waals surface area contributed by atoms with Gasteiger partial charge in [0.05, 0.1) is 6.67 Å². The van der Waals surface area contributed by atoms with E-state index < -0.39 is 0 Å². The van der Waals surface area contributed by atoms with E-state index in [2.05, 4.69) is 9.80 Å². The number of rotatable bonds is 2. The summed E-state index contributed by atoms with van der Waals surface area (Å²) in [5, 5.41) is 0. The largest absolute Gasteiger partial charge is 0.290 e. The van der Waals surface area contributed by atoms with Crippen molar-refractivity contribution in [2.75, 3.05) is 32.8 Å². The first-order valence-corrected chi connectivity index (χ1v) is 4.90. The summed E-state index contributed by atoms with van der Waals surface area (Å²) in [4.78, 5) is 5.15. The summed E-state index contributed by atoms with van der Waals surface area (Å²) in [6.07, 6.45) is 5.73. The van der Waals surface area contributed by atoms with Crippen LogP contribution < -0.4 is 0 Å². The van der Waals surface area contributed by atoms with Gasteiger partial charge in [0.15, 0.2) is 0 Å². The van der Waals surface area contributed by atoms with Crippen LogP contribution in [0.4, 0.5) is 0 Å². The van der Waals surface area contributed by atoms with Gasteiger partial charge in [0.2, 0.25) is 0 Å². The molecule has 0 unspecified atom stereocenters. The second kappa shape index (κ2) is 3.55. The fraction of sp³-hybridized carbons (Fsp3) is 1.00. The zero-order valence-corrected chi connectivity index (χ0v) is 7.26. The fourth-order valence-corrected chi connectivity index (χ4v) is 1.91. The van der Waals surface area contributed by atoms with Crippen molar-refractivity contribution in [1.82, 2.24) is 9.80 Å². The van der Waals surface area contributed by atoms with Gasteiger partial charge in [-0.1, -0.05) is 6.42 Å². The van der Waals surface area contributed by atoms with Crippen LogP contribution in [0.2, 0.25) is 0 Å². The van der Waals surface area contributed by atoms with Crippen LogP contribution >= 0.6 is 0 Å². The maximum absolute atomic E-state index is 2.60. The molecule has 2 heterocycles. The van der Waals surface area contributed by atoms with E-state index in [0.29, 0.717) is 0 Å². The Balaban J connectivity index is 1.67. The van der Waals surface area contributed by atoms with E-state index >= 15 is 0 Å². The highest BCUT2D eigenvalue weighted by atomic mass is 15.3. The van der Waals surface area contributed by atoms with Gasteiger partial charge in [-0.3, -0.25) is 9.80 Å². The number of likely N-dealkylation sites (tertiary alicyclic amines) is 2. The number of hydrogen-bond donors (Lipinski definition) is 0. The summed E-state index contributed by atoms with van der Waals surface area (Å²) in [5.74, 6) is 0. The van der Waals surface area contributed by atoms with Crippen LogP contribution in [0.1, 0.15) is 25.7 Å².